The van der Waals surface area contributed by atoms with Gasteiger partial charge in [-0.25, -0.2) is 0 Å². The summed E-state index contributed by atoms with van der Waals surface area (Å²) in [5, 5.41) is 11.7. The largest absolute Gasteiger partial charge is 0.493 e. The van der Waals surface area contributed by atoms with E-state index in [2.05, 4.69) is 33.7 Å². The fourth-order valence-corrected chi connectivity index (χ4v) is 4.72. The van der Waals surface area contributed by atoms with Crippen LogP contribution in [0, 0.1) is 12.3 Å². The van der Waals surface area contributed by atoms with Gasteiger partial charge in [-0.3, -0.25) is 4.90 Å². The number of halogens is 1. The molecule has 1 fully saturated rings. The predicted octanol–water partition coefficient (Wildman–Crippen LogP) is 4.43. The molecule has 1 saturated heterocycles. The second-order valence-electron chi connectivity index (χ2n) is 8.57. The summed E-state index contributed by atoms with van der Waals surface area (Å²) in [6.07, 6.45) is 9.56. The molecule has 33 heavy (non-hydrogen) atoms. The van der Waals surface area contributed by atoms with Gasteiger partial charge in [0.15, 0.2) is 11.5 Å². The van der Waals surface area contributed by atoms with Gasteiger partial charge in [0.05, 0.1) is 12.7 Å². The van der Waals surface area contributed by atoms with Crippen LogP contribution in [-0.2, 0) is 13.1 Å². The van der Waals surface area contributed by atoms with Crippen LogP contribution in [-0.4, -0.2) is 47.2 Å². The second kappa shape index (κ2) is 9.56. The molecule has 7 heteroatoms. The van der Waals surface area contributed by atoms with Gasteiger partial charge in [-0.2, -0.15) is 0 Å². The Morgan fingerprint density at radius 3 is 2.67 bits per heavy atom. The maximum atomic E-state index is 9.87. The molecule has 1 aromatic heterocycles. The fraction of sp³-hybridized carbons (Fsp3) is 0.385. The number of rotatable bonds is 7. The van der Waals surface area contributed by atoms with E-state index in [1.807, 2.05) is 18.2 Å². The lowest BCUT2D eigenvalue weighted by Crippen LogP contribution is -2.35. The summed E-state index contributed by atoms with van der Waals surface area (Å²) >= 11 is 6.56. The maximum Gasteiger partial charge on any atom is 0.231 e. The van der Waals surface area contributed by atoms with Crippen molar-refractivity contribution in [3.8, 4) is 29.6 Å². The van der Waals surface area contributed by atoms with Crippen molar-refractivity contribution < 1.29 is 19.3 Å². The van der Waals surface area contributed by atoms with E-state index in [0.29, 0.717) is 30.3 Å². The molecule has 172 valence electrons. The lowest BCUT2D eigenvalue weighted by molar-refractivity contribution is 0.0794. The van der Waals surface area contributed by atoms with E-state index in [9.17, 15) is 5.11 Å². The first kappa shape index (κ1) is 22.0. The van der Waals surface area contributed by atoms with E-state index >= 15 is 0 Å². The molecule has 6 nitrogen and oxygen atoms in total. The lowest BCUT2D eigenvalue weighted by Gasteiger charge is -2.29. The summed E-state index contributed by atoms with van der Waals surface area (Å²) in [5.41, 5.74) is 3.31. The number of hydrogen-bond donors (Lipinski definition) is 1. The highest BCUT2D eigenvalue weighted by Crippen LogP contribution is 2.38. The van der Waals surface area contributed by atoms with Crippen molar-refractivity contribution in [2.45, 2.75) is 38.5 Å². The zero-order valence-corrected chi connectivity index (χ0v) is 19.2. The zero-order chi connectivity index (χ0) is 22.8. The van der Waals surface area contributed by atoms with Crippen LogP contribution in [0.1, 0.15) is 30.4 Å². The molecule has 2 aliphatic heterocycles. The number of terminal acetylenes is 1. The van der Waals surface area contributed by atoms with E-state index in [-0.39, 0.29) is 12.9 Å². The molecule has 0 amide bonds. The van der Waals surface area contributed by atoms with Gasteiger partial charge in [-0.15, -0.1) is 12.3 Å². The molecule has 3 aromatic rings. The number of ether oxygens (including phenoxy) is 3. The molecule has 2 aromatic carbocycles. The van der Waals surface area contributed by atoms with Crippen LogP contribution in [0.4, 0.5) is 0 Å². The van der Waals surface area contributed by atoms with Gasteiger partial charge >= 0.3 is 0 Å². The number of fused-ring (bicyclic) bond motifs is 2. The zero-order valence-electron chi connectivity index (χ0n) is 18.4. The molecule has 0 radical (unpaired) electrons. The summed E-state index contributed by atoms with van der Waals surface area (Å²) in [6, 6.07) is 9.95. The van der Waals surface area contributed by atoms with Crippen molar-refractivity contribution in [2.24, 2.45) is 0 Å². The molecule has 0 unspecified atom stereocenters. The molecule has 5 rings (SSSR count). The van der Waals surface area contributed by atoms with Crippen LogP contribution in [0.15, 0.2) is 36.5 Å². The molecular weight excluding hydrogens is 440 g/mol. The number of benzene rings is 2. The second-order valence-corrected chi connectivity index (χ2v) is 8.98. The average Bonchev–Trinajstić information content (AvgIpc) is 3.40. The van der Waals surface area contributed by atoms with E-state index in [0.717, 1.165) is 60.4 Å². The van der Waals surface area contributed by atoms with Crippen LogP contribution >= 0.6 is 11.6 Å². The summed E-state index contributed by atoms with van der Waals surface area (Å²) in [4.78, 5) is 2.39. The lowest BCUT2D eigenvalue weighted by atomic mass is 10.1. The molecule has 1 N–H and O–H groups in total. The van der Waals surface area contributed by atoms with Gasteiger partial charge in [0.1, 0.15) is 5.75 Å². The Bertz CT molecular complexity index is 1190. The number of piperidine rings is 1. The van der Waals surface area contributed by atoms with Crippen molar-refractivity contribution in [3.05, 3.63) is 52.7 Å². The fourth-order valence-electron chi connectivity index (χ4n) is 4.51. The number of nitrogens with zero attached hydrogens (tertiary/aromatic N) is 2. The molecule has 2 aliphatic rings. The van der Waals surface area contributed by atoms with E-state index in [1.54, 1.807) is 0 Å². The average molecular weight is 467 g/mol. The highest BCUT2D eigenvalue weighted by molar-refractivity contribution is 6.31. The van der Waals surface area contributed by atoms with Crippen LogP contribution < -0.4 is 14.2 Å². The van der Waals surface area contributed by atoms with Crippen molar-refractivity contribution in [1.29, 1.82) is 0 Å². The van der Waals surface area contributed by atoms with Gasteiger partial charge in [0.2, 0.25) is 6.79 Å². The number of likely N-dealkylation sites (tertiary alicyclic amines) is 1. The molecule has 3 heterocycles. The third-order valence-electron chi connectivity index (χ3n) is 6.28. The smallest absolute Gasteiger partial charge is 0.231 e. The van der Waals surface area contributed by atoms with Gasteiger partial charge in [0, 0.05) is 60.8 Å². The summed E-state index contributed by atoms with van der Waals surface area (Å²) < 4.78 is 19.1. The monoisotopic (exact) mass is 466 g/mol. The number of aliphatic hydroxyl groups is 1. The van der Waals surface area contributed by atoms with Gasteiger partial charge in [0.25, 0.3) is 0 Å². The van der Waals surface area contributed by atoms with Crippen molar-refractivity contribution in [1.82, 2.24) is 9.47 Å². The summed E-state index contributed by atoms with van der Waals surface area (Å²) in [7, 11) is 0. The van der Waals surface area contributed by atoms with Gasteiger partial charge in [-0.05, 0) is 48.2 Å². The first-order chi connectivity index (χ1) is 16.1. The van der Waals surface area contributed by atoms with Crippen LogP contribution in [0.3, 0.4) is 0 Å². The highest BCUT2D eigenvalue weighted by Gasteiger charge is 2.21. The van der Waals surface area contributed by atoms with Crippen molar-refractivity contribution in [2.75, 3.05) is 26.5 Å². The normalized spacial score (nSPS) is 16.3. The van der Waals surface area contributed by atoms with Crippen LogP contribution in [0.2, 0.25) is 5.02 Å². The SMILES string of the molecule is C#CCCOc1ccc2c(c1)c(CN1CCC(O)CC1)cn2Cc1cc2c(cc1Cl)OCO2. The molecule has 0 atom stereocenters. The summed E-state index contributed by atoms with van der Waals surface area (Å²) in [5.74, 6) is 4.83. The van der Waals surface area contributed by atoms with Gasteiger partial charge in [-0.1, -0.05) is 11.6 Å². The Balaban J connectivity index is 1.47. The number of hydrogen-bond acceptors (Lipinski definition) is 5. The van der Waals surface area contributed by atoms with E-state index in [4.69, 9.17) is 32.2 Å². The Morgan fingerprint density at radius 1 is 1.09 bits per heavy atom. The standard InChI is InChI=1S/C26H27ClN2O4/c1-2-3-10-31-21-4-5-24-22(12-21)19(14-28-8-6-20(30)7-9-28)16-29(24)15-18-11-25-26(13-23(18)27)33-17-32-25/h1,4-5,11-13,16,20,30H,3,6-10,14-15,17H2. The third kappa shape index (κ3) is 4.77. The minimum atomic E-state index is -0.188. The van der Waals surface area contributed by atoms with Gasteiger partial charge < -0.3 is 23.9 Å². The maximum absolute atomic E-state index is 9.87. The molecule has 0 aliphatic carbocycles. The molecular formula is C26H27ClN2O4. The Labute approximate surface area is 198 Å². The third-order valence-corrected chi connectivity index (χ3v) is 6.64. The predicted molar refractivity (Wildman–Crippen MR) is 128 cm³/mol. The minimum Gasteiger partial charge on any atom is -0.493 e. The highest BCUT2D eigenvalue weighted by atomic mass is 35.5. The Hall–Kier alpha value is -2.85. The van der Waals surface area contributed by atoms with Crippen molar-refractivity contribution >= 4 is 22.5 Å². The Kier molecular flexibility index (Phi) is 6.37. The molecule has 0 saturated carbocycles. The number of aromatic nitrogens is 1. The molecule has 0 bridgehead atoms. The quantitative estimate of drug-likeness (QED) is 0.412. The van der Waals surface area contributed by atoms with Crippen LogP contribution in [0.5, 0.6) is 17.2 Å². The Morgan fingerprint density at radius 2 is 1.88 bits per heavy atom. The van der Waals surface area contributed by atoms with E-state index < -0.39 is 0 Å². The minimum absolute atomic E-state index is 0.188. The van der Waals surface area contributed by atoms with Crippen LogP contribution in [0.25, 0.3) is 10.9 Å². The topological polar surface area (TPSA) is 56.1 Å². The number of aliphatic hydroxyl groups excluding tert-OH is 1. The first-order valence-corrected chi connectivity index (χ1v) is 11.6. The van der Waals surface area contributed by atoms with Crippen molar-refractivity contribution in [3.63, 3.8) is 0 Å². The first-order valence-electron chi connectivity index (χ1n) is 11.3. The summed E-state index contributed by atoms with van der Waals surface area (Å²) in [6.45, 7) is 3.93. The molecule has 0 spiro atoms. The van der Waals surface area contributed by atoms with E-state index in [1.165, 1.54) is 5.56 Å².